The molecule has 0 N–H and O–H groups in total. The topological polar surface area (TPSA) is 73.4 Å². The van der Waals surface area contributed by atoms with Crippen LogP contribution in [0.3, 0.4) is 0 Å². The number of carbonyl (C=O) groups is 1. The summed E-state index contributed by atoms with van der Waals surface area (Å²) in [6.45, 7) is 3.20. The molecule has 38 heavy (non-hydrogen) atoms. The van der Waals surface area contributed by atoms with Gasteiger partial charge in [0, 0.05) is 41.6 Å². The Morgan fingerprint density at radius 2 is 1.97 bits per heavy atom. The van der Waals surface area contributed by atoms with Crippen LogP contribution in [0.15, 0.2) is 88.5 Å². The molecule has 3 heterocycles. The third-order valence-corrected chi connectivity index (χ3v) is 7.14. The number of fused-ring (bicyclic) bond motifs is 1. The number of hydrogen-bond donors (Lipinski definition) is 0. The van der Waals surface area contributed by atoms with Gasteiger partial charge >= 0.3 is 0 Å². The van der Waals surface area contributed by atoms with Crippen LogP contribution in [0.2, 0.25) is 0 Å². The summed E-state index contributed by atoms with van der Waals surface area (Å²) in [5, 5.41) is 5.45. The highest BCUT2D eigenvalue weighted by Crippen LogP contribution is 2.31. The SMILES string of the molecule is COc1cccc(-c2nc3cc(SC)ccc3cc2CN(Cc2ccco2)C(=O)CCn2ccc(C)n2)c1. The van der Waals surface area contributed by atoms with Gasteiger partial charge in [0.2, 0.25) is 5.91 Å². The molecule has 194 valence electrons. The van der Waals surface area contributed by atoms with Gasteiger partial charge in [-0.05, 0) is 67.3 Å². The van der Waals surface area contributed by atoms with Crippen molar-refractivity contribution < 1.29 is 13.9 Å². The molecule has 7 nitrogen and oxygen atoms in total. The van der Waals surface area contributed by atoms with Gasteiger partial charge in [0.05, 0.1) is 36.8 Å². The first kappa shape index (κ1) is 25.6. The van der Waals surface area contributed by atoms with Gasteiger partial charge in [-0.1, -0.05) is 18.2 Å². The molecule has 0 bridgehead atoms. The second-order valence-electron chi connectivity index (χ2n) is 9.09. The van der Waals surface area contributed by atoms with Crippen molar-refractivity contribution in [2.45, 2.75) is 37.9 Å². The Kier molecular flexibility index (Phi) is 7.79. The molecule has 5 rings (SSSR count). The largest absolute Gasteiger partial charge is 0.497 e. The summed E-state index contributed by atoms with van der Waals surface area (Å²) in [7, 11) is 1.66. The summed E-state index contributed by atoms with van der Waals surface area (Å²) < 4.78 is 12.9. The lowest BCUT2D eigenvalue weighted by molar-refractivity contribution is -0.133. The maximum absolute atomic E-state index is 13.5. The Morgan fingerprint density at radius 3 is 2.71 bits per heavy atom. The van der Waals surface area contributed by atoms with Crippen LogP contribution in [-0.2, 0) is 24.4 Å². The number of benzene rings is 2. The van der Waals surface area contributed by atoms with Gasteiger partial charge in [0.1, 0.15) is 11.5 Å². The van der Waals surface area contributed by atoms with Gasteiger partial charge in [-0.25, -0.2) is 4.98 Å². The smallest absolute Gasteiger partial charge is 0.225 e. The molecule has 2 aromatic carbocycles. The van der Waals surface area contributed by atoms with Gasteiger partial charge in [-0.3, -0.25) is 9.48 Å². The molecule has 0 fully saturated rings. The maximum atomic E-state index is 13.5. The lowest BCUT2D eigenvalue weighted by atomic mass is 10.0. The number of rotatable bonds is 10. The minimum atomic E-state index is 0.0176. The Balaban J connectivity index is 1.52. The van der Waals surface area contributed by atoms with E-state index in [-0.39, 0.29) is 5.91 Å². The number of carbonyl (C=O) groups excluding carboxylic acids is 1. The number of pyridine rings is 1. The van der Waals surface area contributed by atoms with Gasteiger partial charge < -0.3 is 14.1 Å². The summed E-state index contributed by atoms with van der Waals surface area (Å²) >= 11 is 1.69. The molecule has 8 heteroatoms. The lowest BCUT2D eigenvalue weighted by Crippen LogP contribution is -2.31. The predicted molar refractivity (Wildman–Crippen MR) is 150 cm³/mol. The van der Waals surface area contributed by atoms with Crippen LogP contribution >= 0.6 is 11.8 Å². The van der Waals surface area contributed by atoms with E-state index < -0.39 is 0 Å². The van der Waals surface area contributed by atoms with Gasteiger partial charge in [-0.2, -0.15) is 5.10 Å². The molecule has 0 aliphatic heterocycles. The number of amides is 1. The molecule has 0 atom stereocenters. The standard InChI is InChI=1S/C30H30N4O3S/c1-21-11-13-34(32-21)14-12-29(35)33(20-26-8-5-15-37-26)19-24-16-22-9-10-27(38-3)18-28(22)31-30(24)23-6-4-7-25(17-23)36-2/h4-11,13,15-18H,12,14,19-20H2,1-3H3. The number of hydrogen-bond acceptors (Lipinski definition) is 6. The number of ether oxygens (including phenoxy) is 1. The van der Waals surface area contributed by atoms with Crippen LogP contribution in [0.5, 0.6) is 5.75 Å². The number of nitrogens with zero attached hydrogens (tertiary/aromatic N) is 4. The van der Waals surface area contributed by atoms with Crippen LogP contribution in [0.1, 0.15) is 23.4 Å². The predicted octanol–water partition coefficient (Wildman–Crippen LogP) is 6.35. The molecule has 0 saturated heterocycles. The quantitative estimate of drug-likeness (QED) is 0.198. The Morgan fingerprint density at radius 1 is 1.08 bits per heavy atom. The summed E-state index contributed by atoms with van der Waals surface area (Å²) in [5.41, 5.74) is 4.57. The van der Waals surface area contributed by atoms with Crippen LogP contribution in [0.4, 0.5) is 0 Å². The number of aryl methyl sites for hydroxylation is 2. The van der Waals surface area contributed by atoms with E-state index in [1.165, 1.54) is 0 Å². The molecular formula is C30H30N4O3S. The molecule has 0 aliphatic rings. The first-order chi connectivity index (χ1) is 18.5. The van der Waals surface area contributed by atoms with E-state index >= 15 is 0 Å². The van der Waals surface area contributed by atoms with E-state index in [1.807, 2.05) is 60.5 Å². The molecule has 0 saturated carbocycles. The fraction of sp³-hybridized carbons (Fsp3) is 0.233. The normalized spacial score (nSPS) is 11.1. The zero-order chi connectivity index (χ0) is 26.5. The van der Waals surface area contributed by atoms with Crippen molar-refractivity contribution in [2.75, 3.05) is 13.4 Å². The summed E-state index contributed by atoms with van der Waals surface area (Å²) in [5.74, 6) is 1.50. The van der Waals surface area contributed by atoms with Crippen molar-refractivity contribution in [2.24, 2.45) is 0 Å². The summed E-state index contributed by atoms with van der Waals surface area (Å²) in [6.07, 6.45) is 5.92. The molecule has 0 unspecified atom stereocenters. The monoisotopic (exact) mass is 526 g/mol. The summed E-state index contributed by atoms with van der Waals surface area (Å²) in [6, 6.07) is 22.0. The fourth-order valence-electron chi connectivity index (χ4n) is 4.44. The second-order valence-corrected chi connectivity index (χ2v) is 9.97. The lowest BCUT2D eigenvalue weighted by Gasteiger charge is -2.24. The average Bonchev–Trinajstić information content (AvgIpc) is 3.62. The molecule has 1 amide bonds. The van der Waals surface area contributed by atoms with Crippen molar-refractivity contribution >= 4 is 28.6 Å². The van der Waals surface area contributed by atoms with E-state index in [2.05, 4.69) is 35.6 Å². The van der Waals surface area contributed by atoms with Crippen LogP contribution in [0.25, 0.3) is 22.2 Å². The minimum absolute atomic E-state index is 0.0176. The van der Waals surface area contributed by atoms with Crippen molar-refractivity contribution in [1.29, 1.82) is 0 Å². The number of furan rings is 1. The van der Waals surface area contributed by atoms with Gasteiger partial charge in [0.15, 0.2) is 0 Å². The zero-order valence-corrected chi connectivity index (χ0v) is 22.6. The van der Waals surface area contributed by atoms with Gasteiger partial charge in [0.25, 0.3) is 0 Å². The van der Waals surface area contributed by atoms with Crippen molar-refractivity contribution in [1.82, 2.24) is 19.7 Å². The maximum Gasteiger partial charge on any atom is 0.225 e. The Bertz CT molecular complexity index is 1540. The molecule has 3 aromatic heterocycles. The van der Waals surface area contributed by atoms with E-state index in [9.17, 15) is 4.79 Å². The van der Waals surface area contributed by atoms with Crippen LogP contribution in [0, 0.1) is 6.92 Å². The van der Waals surface area contributed by atoms with E-state index in [0.717, 1.165) is 49.8 Å². The molecule has 0 spiro atoms. The first-order valence-corrected chi connectivity index (χ1v) is 13.7. The third kappa shape index (κ3) is 5.92. The Hall–Kier alpha value is -4.04. The van der Waals surface area contributed by atoms with Crippen molar-refractivity contribution in [3.05, 3.63) is 96.2 Å². The summed E-state index contributed by atoms with van der Waals surface area (Å²) in [4.78, 5) is 21.6. The molecular weight excluding hydrogens is 496 g/mol. The highest BCUT2D eigenvalue weighted by atomic mass is 32.2. The molecule has 5 aromatic rings. The highest BCUT2D eigenvalue weighted by Gasteiger charge is 2.20. The zero-order valence-electron chi connectivity index (χ0n) is 21.8. The van der Waals surface area contributed by atoms with Crippen molar-refractivity contribution in [3.63, 3.8) is 0 Å². The van der Waals surface area contributed by atoms with E-state index in [4.69, 9.17) is 14.1 Å². The Labute approximate surface area is 226 Å². The number of thioether (sulfide) groups is 1. The average molecular weight is 527 g/mol. The molecule has 0 aliphatic carbocycles. The first-order valence-electron chi connectivity index (χ1n) is 12.4. The van der Waals surface area contributed by atoms with Crippen molar-refractivity contribution in [3.8, 4) is 17.0 Å². The van der Waals surface area contributed by atoms with E-state index in [1.54, 1.807) is 29.8 Å². The molecule has 0 radical (unpaired) electrons. The minimum Gasteiger partial charge on any atom is -0.497 e. The highest BCUT2D eigenvalue weighted by molar-refractivity contribution is 7.98. The number of methoxy groups -OCH3 is 1. The van der Waals surface area contributed by atoms with Crippen LogP contribution < -0.4 is 4.74 Å². The number of aromatic nitrogens is 3. The van der Waals surface area contributed by atoms with Crippen LogP contribution in [-0.4, -0.2) is 38.9 Å². The fourth-order valence-corrected chi connectivity index (χ4v) is 4.88. The third-order valence-electron chi connectivity index (χ3n) is 6.42. The van der Waals surface area contributed by atoms with E-state index in [0.29, 0.717) is 26.1 Å². The van der Waals surface area contributed by atoms with Gasteiger partial charge in [-0.15, -0.1) is 11.8 Å². The second kappa shape index (κ2) is 11.6.